The Balaban J connectivity index is 2.10. The molecule has 0 N–H and O–H groups in total. The van der Waals surface area contributed by atoms with Crippen molar-refractivity contribution in [2.75, 3.05) is 32.1 Å². The van der Waals surface area contributed by atoms with E-state index in [1.165, 1.54) is 22.7 Å². The zero-order valence-electron chi connectivity index (χ0n) is 16.4. The first-order chi connectivity index (χ1) is 13.7. The molecule has 2 aromatic rings. The average molecular weight is 421 g/mol. The Kier molecular flexibility index (Phi) is 6.39. The van der Waals surface area contributed by atoms with E-state index in [2.05, 4.69) is 6.58 Å². The lowest BCUT2D eigenvalue weighted by Gasteiger charge is -2.29. The molecule has 0 aromatic heterocycles. The molecule has 0 aliphatic carbocycles. The fraction of sp³-hybridized carbons (Fsp3) is 0.318. The monoisotopic (exact) mass is 420 g/mol. The van der Waals surface area contributed by atoms with Crippen LogP contribution < -0.4 is 4.90 Å². The number of anilines is 1. The normalized spacial score (nSPS) is 13.0. The zero-order valence-corrected chi connectivity index (χ0v) is 17.2. The van der Waals surface area contributed by atoms with Gasteiger partial charge in [0.2, 0.25) is 5.91 Å². The number of hydrogen-bond acceptors (Lipinski definition) is 3. The lowest BCUT2D eigenvalue weighted by atomic mass is 9.99. The molecule has 0 bridgehead atoms. The van der Waals surface area contributed by atoms with Gasteiger partial charge in [0.15, 0.2) is 0 Å². The van der Waals surface area contributed by atoms with Crippen molar-refractivity contribution in [1.29, 1.82) is 0 Å². The van der Waals surface area contributed by atoms with E-state index in [0.29, 0.717) is 30.0 Å². The minimum Gasteiger partial charge on any atom is -0.309 e. The SMILES string of the molecule is C=CC(=O)N(CCCN(C)C)c1cc(C(F)(F)F)cc2c1Cc1ccccc1S2. The summed E-state index contributed by atoms with van der Waals surface area (Å²) in [5.41, 5.74) is 1.38. The summed E-state index contributed by atoms with van der Waals surface area (Å²) in [4.78, 5) is 17.5. The maximum absolute atomic E-state index is 13.6. The molecule has 1 aliphatic rings. The second-order valence-electron chi connectivity index (χ2n) is 7.21. The predicted molar refractivity (Wildman–Crippen MR) is 111 cm³/mol. The molecule has 0 radical (unpaired) electrons. The van der Waals surface area contributed by atoms with E-state index in [0.717, 1.165) is 34.7 Å². The minimum atomic E-state index is -4.49. The van der Waals surface area contributed by atoms with Gasteiger partial charge in [-0.2, -0.15) is 13.2 Å². The van der Waals surface area contributed by atoms with Crippen LogP contribution in [0.2, 0.25) is 0 Å². The number of alkyl halides is 3. The second kappa shape index (κ2) is 8.63. The molecular weight excluding hydrogens is 397 g/mol. The fourth-order valence-electron chi connectivity index (χ4n) is 3.37. The van der Waals surface area contributed by atoms with E-state index in [-0.39, 0.29) is 0 Å². The van der Waals surface area contributed by atoms with Crippen LogP contribution in [0.5, 0.6) is 0 Å². The van der Waals surface area contributed by atoms with Crippen LogP contribution in [0, 0.1) is 0 Å². The molecule has 1 aliphatic heterocycles. The van der Waals surface area contributed by atoms with E-state index in [4.69, 9.17) is 0 Å². The Morgan fingerprint density at radius 2 is 1.90 bits per heavy atom. The van der Waals surface area contributed by atoms with E-state index in [9.17, 15) is 18.0 Å². The molecule has 3 rings (SSSR count). The number of halogens is 3. The van der Waals surface area contributed by atoms with Gasteiger partial charge in [-0.1, -0.05) is 36.5 Å². The van der Waals surface area contributed by atoms with Crippen LogP contribution in [0.25, 0.3) is 0 Å². The number of carbonyl (C=O) groups excluding carboxylic acids is 1. The van der Waals surface area contributed by atoms with Crippen LogP contribution in [0.3, 0.4) is 0 Å². The molecule has 7 heteroatoms. The quantitative estimate of drug-likeness (QED) is 0.510. The number of benzene rings is 2. The highest BCUT2D eigenvalue weighted by molar-refractivity contribution is 7.99. The standard InChI is InChI=1S/C22H23F3N2OS/c1-4-21(28)27(11-7-10-26(2)3)18-13-16(22(23,24)25)14-20-17(18)12-15-8-5-6-9-19(15)29-20/h4-6,8-9,13-14H,1,7,10-12H2,2-3H3. The van der Waals surface area contributed by atoms with Gasteiger partial charge in [-0.15, -0.1) is 0 Å². The molecule has 3 nitrogen and oxygen atoms in total. The van der Waals surface area contributed by atoms with Gasteiger partial charge in [-0.05, 0) is 62.5 Å². The second-order valence-corrected chi connectivity index (χ2v) is 8.29. The van der Waals surface area contributed by atoms with Crippen molar-refractivity contribution in [2.45, 2.75) is 28.8 Å². The summed E-state index contributed by atoms with van der Waals surface area (Å²) in [6.07, 6.45) is -2.21. The van der Waals surface area contributed by atoms with Gasteiger partial charge in [-0.3, -0.25) is 4.79 Å². The summed E-state index contributed by atoms with van der Waals surface area (Å²) >= 11 is 1.32. The van der Waals surface area contributed by atoms with Crippen LogP contribution in [0.15, 0.2) is 58.8 Å². The smallest absolute Gasteiger partial charge is 0.309 e. The third-order valence-electron chi connectivity index (χ3n) is 4.79. The van der Waals surface area contributed by atoms with Crippen molar-refractivity contribution in [3.8, 4) is 0 Å². The minimum absolute atomic E-state index is 0.320. The molecule has 0 saturated heterocycles. The highest BCUT2D eigenvalue weighted by Crippen LogP contribution is 2.46. The topological polar surface area (TPSA) is 23.6 Å². The van der Waals surface area contributed by atoms with Gasteiger partial charge < -0.3 is 9.80 Å². The highest BCUT2D eigenvalue weighted by Gasteiger charge is 2.34. The number of fused-ring (bicyclic) bond motifs is 2. The maximum Gasteiger partial charge on any atom is 0.416 e. The van der Waals surface area contributed by atoms with Crippen molar-refractivity contribution in [2.24, 2.45) is 0 Å². The maximum atomic E-state index is 13.6. The lowest BCUT2D eigenvalue weighted by Crippen LogP contribution is -2.33. The van der Waals surface area contributed by atoms with E-state index in [1.807, 2.05) is 43.3 Å². The van der Waals surface area contributed by atoms with E-state index < -0.39 is 17.6 Å². The van der Waals surface area contributed by atoms with E-state index in [1.54, 1.807) is 0 Å². The van der Waals surface area contributed by atoms with Gasteiger partial charge in [0.1, 0.15) is 0 Å². The summed E-state index contributed by atoms with van der Waals surface area (Å²) in [5.74, 6) is -0.394. The Hall–Kier alpha value is -2.25. The number of hydrogen-bond donors (Lipinski definition) is 0. The van der Waals surface area contributed by atoms with Crippen molar-refractivity contribution in [3.63, 3.8) is 0 Å². The van der Waals surface area contributed by atoms with Crippen LogP contribution in [0.4, 0.5) is 18.9 Å². The summed E-state index contributed by atoms with van der Waals surface area (Å²) in [6, 6.07) is 9.96. The molecule has 0 spiro atoms. The number of carbonyl (C=O) groups is 1. The van der Waals surface area contributed by atoms with Crippen molar-refractivity contribution >= 4 is 23.4 Å². The Labute approximate surface area is 173 Å². The first-order valence-electron chi connectivity index (χ1n) is 9.29. The number of rotatable bonds is 6. The summed E-state index contributed by atoms with van der Waals surface area (Å²) in [6.45, 7) is 4.58. The fourth-order valence-corrected chi connectivity index (χ4v) is 4.51. The van der Waals surface area contributed by atoms with Crippen molar-refractivity contribution in [3.05, 3.63) is 65.7 Å². The molecular formula is C22H23F3N2OS. The highest BCUT2D eigenvalue weighted by atomic mass is 32.2. The summed E-state index contributed by atoms with van der Waals surface area (Å²) in [5, 5.41) is 0. The molecule has 154 valence electrons. The predicted octanol–water partition coefficient (Wildman–Crippen LogP) is 5.23. The first-order valence-corrected chi connectivity index (χ1v) is 10.1. The average Bonchev–Trinajstić information content (AvgIpc) is 2.67. The Morgan fingerprint density at radius 3 is 2.55 bits per heavy atom. The summed E-state index contributed by atoms with van der Waals surface area (Å²) < 4.78 is 40.8. The molecule has 0 fully saturated rings. The van der Waals surface area contributed by atoms with Gasteiger partial charge in [0.25, 0.3) is 0 Å². The van der Waals surface area contributed by atoms with Crippen LogP contribution >= 0.6 is 11.8 Å². The molecule has 0 atom stereocenters. The largest absolute Gasteiger partial charge is 0.416 e. The third kappa shape index (κ3) is 4.85. The molecule has 0 saturated carbocycles. The Bertz CT molecular complexity index is 925. The summed E-state index contributed by atoms with van der Waals surface area (Å²) in [7, 11) is 3.83. The lowest BCUT2D eigenvalue weighted by molar-refractivity contribution is -0.137. The first kappa shape index (κ1) is 21.5. The van der Waals surface area contributed by atoms with Crippen LogP contribution in [-0.2, 0) is 17.4 Å². The van der Waals surface area contributed by atoms with Gasteiger partial charge in [0, 0.05) is 28.4 Å². The van der Waals surface area contributed by atoms with Crippen molar-refractivity contribution in [1.82, 2.24) is 4.90 Å². The Morgan fingerprint density at radius 1 is 1.17 bits per heavy atom. The molecule has 1 amide bonds. The molecule has 29 heavy (non-hydrogen) atoms. The van der Waals surface area contributed by atoms with Gasteiger partial charge >= 0.3 is 6.18 Å². The van der Waals surface area contributed by atoms with Crippen molar-refractivity contribution < 1.29 is 18.0 Å². The third-order valence-corrected chi connectivity index (χ3v) is 5.99. The van der Waals surface area contributed by atoms with Gasteiger partial charge in [-0.25, -0.2) is 0 Å². The molecule has 2 aromatic carbocycles. The van der Waals surface area contributed by atoms with Crippen LogP contribution in [0.1, 0.15) is 23.1 Å². The number of nitrogens with zero attached hydrogens (tertiary/aromatic N) is 2. The van der Waals surface area contributed by atoms with E-state index >= 15 is 0 Å². The molecule has 0 unspecified atom stereocenters. The molecule has 1 heterocycles. The van der Waals surface area contributed by atoms with Gasteiger partial charge in [0.05, 0.1) is 5.56 Å². The zero-order chi connectivity index (χ0) is 21.2. The van der Waals surface area contributed by atoms with Crippen LogP contribution in [-0.4, -0.2) is 38.0 Å². The number of amides is 1.